The van der Waals surface area contributed by atoms with E-state index in [-0.39, 0.29) is 24.3 Å². The van der Waals surface area contributed by atoms with Crippen LogP contribution in [-0.4, -0.2) is 89.2 Å². The second-order valence-corrected chi connectivity index (χ2v) is 14.0. The molecule has 2 fully saturated rings. The van der Waals surface area contributed by atoms with Gasteiger partial charge in [-0.05, 0) is 86.6 Å². The van der Waals surface area contributed by atoms with Crippen molar-refractivity contribution in [3.8, 4) is 5.75 Å². The molecule has 1 saturated carbocycles. The zero-order chi connectivity index (χ0) is 33.6. The van der Waals surface area contributed by atoms with Crippen molar-refractivity contribution in [3.05, 3.63) is 65.2 Å². The summed E-state index contributed by atoms with van der Waals surface area (Å²) < 4.78 is 6.14. The van der Waals surface area contributed by atoms with Crippen molar-refractivity contribution in [1.29, 1.82) is 0 Å². The number of nitrogens with zero attached hydrogens (tertiary/aromatic N) is 2. The van der Waals surface area contributed by atoms with Crippen molar-refractivity contribution >= 4 is 36.3 Å². The third kappa shape index (κ3) is 8.30. The number of amides is 4. The molecule has 1 saturated heterocycles. The molecule has 1 aliphatic carbocycles. The third-order valence-electron chi connectivity index (χ3n) is 10.1. The Morgan fingerprint density at radius 2 is 1.85 bits per heavy atom. The predicted octanol–water partition coefficient (Wildman–Crippen LogP) is 3.04. The number of nitrogens with one attached hydrogen (secondary N) is 2. The lowest BCUT2D eigenvalue weighted by Gasteiger charge is -2.40. The monoisotopic (exact) mass is 664 g/mol. The molecule has 0 spiro atoms. The molecular weight excluding hydrogens is 616 g/mol. The molecule has 47 heavy (non-hydrogen) atoms. The van der Waals surface area contributed by atoms with Gasteiger partial charge in [0, 0.05) is 26.7 Å². The number of aliphatic hydroxyl groups is 1. The smallest absolute Gasteiger partial charge is 0.245 e. The van der Waals surface area contributed by atoms with E-state index in [0.717, 1.165) is 48.1 Å². The van der Waals surface area contributed by atoms with E-state index >= 15 is 0 Å². The molecule has 4 atom stereocenters. The molecule has 3 N–H and O–H groups in total. The number of ether oxygens (including phenoxy) is 1. The highest BCUT2D eigenvalue weighted by atomic mass is 32.1. The van der Waals surface area contributed by atoms with Gasteiger partial charge >= 0.3 is 0 Å². The van der Waals surface area contributed by atoms with Crippen LogP contribution in [0.4, 0.5) is 0 Å². The fraction of sp³-hybridized carbons (Fsp3) is 0.556. The molecule has 4 bridgehead atoms. The van der Waals surface area contributed by atoms with E-state index in [2.05, 4.69) is 23.3 Å². The number of carbonyl (C=O) groups excluding carboxylic acids is 4. The molecule has 2 unspecified atom stereocenters. The summed E-state index contributed by atoms with van der Waals surface area (Å²) in [6.07, 6.45) is 5.13. The minimum atomic E-state index is -1.35. The number of rotatable bonds is 6. The maximum Gasteiger partial charge on any atom is 0.245 e. The minimum Gasteiger partial charge on any atom is -0.494 e. The number of aliphatic hydroxyl groups excluding tert-OH is 1. The second-order valence-electron chi connectivity index (χ2n) is 13.5. The molecule has 11 heteroatoms. The van der Waals surface area contributed by atoms with Crippen molar-refractivity contribution in [2.75, 3.05) is 33.4 Å². The zero-order valence-corrected chi connectivity index (χ0v) is 28.3. The summed E-state index contributed by atoms with van der Waals surface area (Å²) in [5, 5.41) is 14.6. The van der Waals surface area contributed by atoms with Gasteiger partial charge in [0.25, 0.3) is 0 Å². The molecule has 3 aliphatic rings. The number of hydrogen-bond acceptors (Lipinski definition) is 7. The Hall–Kier alpha value is -3.57. The van der Waals surface area contributed by atoms with Crippen molar-refractivity contribution in [2.24, 2.45) is 11.3 Å². The maximum atomic E-state index is 14.2. The second kappa shape index (κ2) is 15.6. The number of carbonyl (C=O) groups is 4. The SMILES string of the molecule is Cc1ccc2cc1CN(C)C(=O)[C@H](CCc1ccccc1)NC(=O)[C@@H](NC(=O)C1(CO)CCC1)C(S)C(=O)N1CCCC(CCO2)C1. The molecule has 2 heterocycles. The van der Waals surface area contributed by atoms with Crippen molar-refractivity contribution in [2.45, 2.75) is 82.2 Å². The zero-order valence-electron chi connectivity index (χ0n) is 27.5. The van der Waals surface area contributed by atoms with Crippen LogP contribution in [0.15, 0.2) is 48.5 Å². The Bertz CT molecular complexity index is 1430. The van der Waals surface area contributed by atoms with Crippen LogP contribution in [0.3, 0.4) is 0 Å². The van der Waals surface area contributed by atoms with Gasteiger partial charge in [-0.3, -0.25) is 19.2 Å². The van der Waals surface area contributed by atoms with Crippen LogP contribution in [0.1, 0.15) is 61.6 Å². The first-order valence-electron chi connectivity index (χ1n) is 16.8. The van der Waals surface area contributed by atoms with Gasteiger partial charge in [0.2, 0.25) is 23.6 Å². The molecule has 0 radical (unpaired) electrons. The Kier molecular flexibility index (Phi) is 11.5. The van der Waals surface area contributed by atoms with Gasteiger partial charge in [-0.2, -0.15) is 12.6 Å². The van der Waals surface area contributed by atoms with E-state index in [9.17, 15) is 24.3 Å². The molecule has 10 nitrogen and oxygen atoms in total. The van der Waals surface area contributed by atoms with Gasteiger partial charge in [0.1, 0.15) is 23.1 Å². The Morgan fingerprint density at radius 1 is 1.09 bits per heavy atom. The minimum absolute atomic E-state index is 0.220. The molecule has 4 amide bonds. The summed E-state index contributed by atoms with van der Waals surface area (Å²) in [6.45, 7) is 3.47. The highest BCUT2D eigenvalue weighted by Crippen LogP contribution is 2.40. The molecule has 0 aromatic heterocycles. The lowest BCUT2D eigenvalue weighted by molar-refractivity contribution is -0.144. The van der Waals surface area contributed by atoms with Crippen LogP contribution in [-0.2, 0) is 32.1 Å². The number of piperidine rings is 1. The number of fused-ring (bicyclic) bond motifs is 4. The molecular formula is C36H48N4O6S. The topological polar surface area (TPSA) is 128 Å². The van der Waals surface area contributed by atoms with Crippen LogP contribution >= 0.6 is 12.6 Å². The third-order valence-corrected chi connectivity index (χ3v) is 10.7. The lowest BCUT2D eigenvalue weighted by atomic mass is 9.68. The Labute approximate surface area is 283 Å². The Balaban J connectivity index is 1.47. The van der Waals surface area contributed by atoms with Crippen molar-refractivity contribution < 1.29 is 29.0 Å². The van der Waals surface area contributed by atoms with Gasteiger partial charge in [-0.25, -0.2) is 0 Å². The maximum absolute atomic E-state index is 14.2. The fourth-order valence-corrected chi connectivity index (χ4v) is 7.17. The van der Waals surface area contributed by atoms with Crippen molar-refractivity contribution in [3.63, 3.8) is 0 Å². The quantitative estimate of drug-likeness (QED) is 0.352. The average molecular weight is 665 g/mol. The van der Waals surface area contributed by atoms with E-state index in [0.29, 0.717) is 51.9 Å². The highest BCUT2D eigenvalue weighted by Gasteiger charge is 2.47. The largest absolute Gasteiger partial charge is 0.494 e. The number of thiol groups is 1. The highest BCUT2D eigenvalue weighted by molar-refractivity contribution is 7.82. The molecule has 2 aromatic carbocycles. The lowest BCUT2D eigenvalue weighted by Crippen LogP contribution is -2.62. The molecule has 5 rings (SSSR count). The summed E-state index contributed by atoms with van der Waals surface area (Å²) >= 11 is 4.67. The summed E-state index contributed by atoms with van der Waals surface area (Å²) in [5.74, 6) is -0.824. The number of likely N-dealkylation sites (N-methyl/N-ethyl adjacent to an activating group) is 1. The standard InChI is InChI=1S/C36H48N4O6S/c1-24-11-13-28-20-27(24)22-39(2)33(43)29(14-12-25-8-4-3-5-9-25)37-32(42)30(38-35(45)36(23-41)16-7-17-36)31(47)34(44)40-18-6-10-26(21-40)15-19-46-28/h3-5,8-9,11,13,20,26,29-31,41,47H,6-7,10,12,14-19,21-23H2,1-2H3,(H,37,42)(H,38,45)/t26?,29-,30-,31?/m0/s1. The van der Waals surface area contributed by atoms with Gasteiger partial charge < -0.3 is 30.3 Å². The van der Waals surface area contributed by atoms with E-state index in [1.807, 2.05) is 55.5 Å². The van der Waals surface area contributed by atoms with E-state index < -0.39 is 34.6 Å². The average Bonchev–Trinajstić information content (AvgIpc) is 3.05. The van der Waals surface area contributed by atoms with E-state index in [4.69, 9.17) is 4.74 Å². The van der Waals surface area contributed by atoms with Crippen LogP contribution in [0, 0.1) is 18.3 Å². The van der Waals surface area contributed by atoms with Gasteiger partial charge in [0.05, 0.1) is 18.6 Å². The van der Waals surface area contributed by atoms with Gasteiger partial charge in [-0.15, -0.1) is 0 Å². The number of benzene rings is 2. The van der Waals surface area contributed by atoms with Crippen LogP contribution in [0.25, 0.3) is 0 Å². The van der Waals surface area contributed by atoms with E-state index in [1.165, 1.54) is 0 Å². The van der Waals surface area contributed by atoms with Crippen LogP contribution in [0.2, 0.25) is 0 Å². The van der Waals surface area contributed by atoms with Gasteiger partial charge in [0.15, 0.2) is 0 Å². The number of aryl methyl sites for hydroxylation is 2. The summed E-state index contributed by atoms with van der Waals surface area (Å²) in [4.78, 5) is 59.0. The van der Waals surface area contributed by atoms with Crippen LogP contribution in [0.5, 0.6) is 5.75 Å². The first kappa shape index (κ1) is 34.8. The number of hydrogen-bond donors (Lipinski definition) is 4. The fourth-order valence-electron chi connectivity index (χ4n) is 6.80. The Morgan fingerprint density at radius 3 is 2.55 bits per heavy atom. The first-order valence-corrected chi connectivity index (χ1v) is 17.3. The molecule has 2 aromatic rings. The molecule has 254 valence electrons. The summed E-state index contributed by atoms with van der Waals surface area (Å²) in [7, 11) is 1.70. The van der Waals surface area contributed by atoms with E-state index in [1.54, 1.807) is 16.8 Å². The van der Waals surface area contributed by atoms with Crippen LogP contribution < -0.4 is 15.4 Å². The normalized spacial score (nSPS) is 25.5. The predicted molar refractivity (Wildman–Crippen MR) is 182 cm³/mol. The van der Waals surface area contributed by atoms with Gasteiger partial charge in [-0.1, -0.05) is 42.8 Å². The summed E-state index contributed by atoms with van der Waals surface area (Å²) in [5.41, 5.74) is 1.98. The molecule has 2 aliphatic heterocycles. The summed E-state index contributed by atoms with van der Waals surface area (Å²) in [6, 6.07) is 13.3. The first-order chi connectivity index (χ1) is 22.6. The van der Waals surface area contributed by atoms with Crippen molar-refractivity contribution in [1.82, 2.24) is 20.4 Å².